The van der Waals surface area contributed by atoms with E-state index in [1.807, 2.05) is 12.1 Å². The first-order valence-corrected chi connectivity index (χ1v) is 7.39. The Balaban J connectivity index is 2.10. The Morgan fingerprint density at radius 3 is 2.94 bits per heavy atom. The molecule has 1 aliphatic heterocycles. The van der Waals surface area contributed by atoms with Gasteiger partial charge in [0.05, 0.1) is 20.8 Å². The van der Waals surface area contributed by atoms with E-state index in [9.17, 15) is 4.79 Å². The number of ketones is 1. The van der Waals surface area contributed by atoms with E-state index in [0.717, 1.165) is 15.8 Å². The summed E-state index contributed by atoms with van der Waals surface area (Å²) in [5.74, 6) is 0.653. The molecule has 0 amide bonds. The number of hydrogen-bond acceptors (Lipinski definition) is 3. The maximum absolute atomic E-state index is 12.4. The molecule has 1 aliphatic rings. The molecule has 0 spiro atoms. The summed E-state index contributed by atoms with van der Waals surface area (Å²) >= 11 is 10.8. The number of benzene rings is 1. The van der Waals surface area contributed by atoms with Crippen molar-refractivity contribution in [2.24, 2.45) is 0 Å². The summed E-state index contributed by atoms with van der Waals surface area (Å²) in [5.41, 5.74) is 1.57. The molecular weight excluding hydrogens is 336 g/mol. The lowest BCUT2D eigenvalue weighted by Gasteiger charge is -2.06. The lowest BCUT2D eigenvalue weighted by Crippen LogP contribution is -2.01. The number of thiophene rings is 1. The largest absolute Gasteiger partial charge is 0.492 e. The van der Waals surface area contributed by atoms with Gasteiger partial charge in [0.1, 0.15) is 5.75 Å². The van der Waals surface area contributed by atoms with Gasteiger partial charge in [-0.1, -0.05) is 11.6 Å². The summed E-state index contributed by atoms with van der Waals surface area (Å²) in [5, 5.41) is 0.582. The molecule has 1 aromatic heterocycles. The van der Waals surface area contributed by atoms with Crippen LogP contribution in [0, 0.1) is 0 Å². The van der Waals surface area contributed by atoms with Gasteiger partial charge in [0, 0.05) is 11.4 Å². The Morgan fingerprint density at radius 2 is 2.22 bits per heavy atom. The van der Waals surface area contributed by atoms with Crippen LogP contribution in [0.15, 0.2) is 28.1 Å². The van der Waals surface area contributed by atoms with Crippen molar-refractivity contribution in [1.82, 2.24) is 0 Å². The number of fused-ring (bicyclic) bond motifs is 1. The van der Waals surface area contributed by atoms with Gasteiger partial charge in [-0.3, -0.25) is 4.79 Å². The zero-order valence-electron chi connectivity index (χ0n) is 9.20. The van der Waals surface area contributed by atoms with Crippen LogP contribution in [0.4, 0.5) is 0 Å². The van der Waals surface area contributed by atoms with Crippen LogP contribution in [0.1, 0.15) is 20.8 Å². The average molecular weight is 344 g/mol. The predicted octanol–water partition coefficient (Wildman–Crippen LogP) is 4.33. The van der Waals surface area contributed by atoms with E-state index in [0.29, 0.717) is 27.8 Å². The molecule has 0 unspecified atom stereocenters. The molecular formula is C13H8BrClO2S. The fourth-order valence-electron chi connectivity index (χ4n) is 2.01. The Kier molecular flexibility index (Phi) is 3.18. The third kappa shape index (κ3) is 2.09. The van der Waals surface area contributed by atoms with Crippen LogP contribution >= 0.6 is 38.9 Å². The van der Waals surface area contributed by atoms with Gasteiger partial charge in [0.15, 0.2) is 0 Å². The number of carbonyl (C=O) groups is 1. The fourth-order valence-corrected chi connectivity index (χ4v) is 3.59. The summed E-state index contributed by atoms with van der Waals surface area (Å²) in [6.07, 6.45) is 0.810. The van der Waals surface area contributed by atoms with Crippen molar-refractivity contribution in [3.8, 4) is 5.75 Å². The van der Waals surface area contributed by atoms with Gasteiger partial charge in [-0.2, -0.15) is 0 Å². The number of carbonyl (C=O) groups excluding carboxylic acids is 1. The van der Waals surface area contributed by atoms with Crippen LogP contribution in [0.2, 0.25) is 5.02 Å². The number of hydrogen-bond donors (Lipinski definition) is 0. The van der Waals surface area contributed by atoms with Gasteiger partial charge >= 0.3 is 0 Å². The minimum Gasteiger partial charge on any atom is -0.492 e. The SMILES string of the molecule is O=C(c1ccc(Br)s1)c1cc(Cl)cc2c1OCC2. The number of halogens is 2. The predicted molar refractivity (Wildman–Crippen MR) is 76.1 cm³/mol. The van der Waals surface area contributed by atoms with Gasteiger partial charge in [0.2, 0.25) is 5.78 Å². The van der Waals surface area contributed by atoms with E-state index >= 15 is 0 Å². The highest BCUT2D eigenvalue weighted by Crippen LogP contribution is 2.35. The van der Waals surface area contributed by atoms with Crippen LogP contribution in [0.3, 0.4) is 0 Å². The van der Waals surface area contributed by atoms with Gasteiger partial charge in [-0.15, -0.1) is 11.3 Å². The van der Waals surface area contributed by atoms with Crippen LogP contribution in [-0.4, -0.2) is 12.4 Å². The van der Waals surface area contributed by atoms with Gasteiger partial charge in [0.25, 0.3) is 0 Å². The molecule has 3 rings (SSSR count). The van der Waals surface area contributed by atoms with Crippen LogP contribution in [0.5, 0.6) is 5.75 Å². The maximum Gasteiger partial charge on any atom is 0.206 e. The summed E-state index contributed by atoms with van der Waals surface area (Å²) in [6, 6.07) is 7.22. The molecule has 0 atom stereocenters. The first kappa shape index (κ1) is 12.2. The Hall–Kier alpha value is -0.840. The average Bonchev–Trinajstić information content (AvgIpc) is 2.95. The molecule has 0 radical (unpaired) electrons. The van der Waals surface area contributed by atoms with Crippen molar-refractivity contribution in [3.63, 3.8) is 0 Å². The summed E-state index contributed by atoms with van der Waals surface area (Å²) < 4.78 is 6.48. The van der Waals surface area contributed by atoms with Gasteiger partial charge in [-0.05, 0) is 45.8 Å². The zero-order chi connectivity index (χ0) is 12.7. The molecule has 2 heterocycles. The van der Waals surface area contributed by atoms with E-state index in [2.05, 4.69) is 15.9 Å². The van der Waals surface area contributed by atoms with Crippen LogP contribution in [-0.2, 0) is 6.42 Å². The van der Waals surface area contributed by atoms with Crippen molar-refractivity contribution >= 4 is 44.7 Å². The molecule has 0 N–H and O–H groups in total. The molecule has 2 aromatic rings. The molecule has 0 saturated carbocycles. The third-order valence-corrected chi connectivity index (χ3v) is 4.63. The highest BCUT2D eigenvalue weighted by molar-refractivity contribution is 9.11. The normalized spacial score (nSPS) is 13.2. The van der Waals surface area contributed by atoms with Crippen molar-refractivity contribution in [2.45, 2.75) is 6.42 Å². The lowest BCUT2D eigenvalue weighted by atomic mass is 10.0. The summed E-state index contributed by atoms with van der Waals surface area (Å²) in [7, 11) is 0. The molecule has 0 bridgehead atoms. The minimum atomic E-state index is -0.0358. The molecule has 92 valence electrons. The molecule has 18 heavy (non-hydrogen) atoms. The standard InChI is InChI=1S/C13H8BrClO2S/c14-11-2-1-10(18-11)12(16)9-6-8(15)5-7-3-4-17-13(7)9/h1-2,5-6H,3-4H2. The Morgan fingerprint density at radius 1 is 1.39 bits per heavy atom. The second-order valence-electron chi connectivity index (χ2n) is 3.97. The molecule has 0 saturated heterocycles. The second-order valence-corrected chi connectivity index (χ2v) is 6.87. The molecule has 1 aromatic carbocycles. The Bertz CT molecular complexity index is 636. The lowest BCUT2D eigenvalue weighted by molar-refractivity contribution is 0.103. The third-order valence-electron chi connectivity index (χ3n) is 2.79. The molecule has 0 aliphatic carbocycles. The van der Waals surface area contributed by atoms with Crippen molar-refractivity contribution in [2.75, 3.05) is 6.61 Å². The van der Waals surface area contributed by atoms with Crippen LogP contribution in [0.25, 0.3) is 0 Å². The first-order chi connectivity index (χ1) is 8.65. The van der Waals surface area contributed by atoms with Crippen molar-refractivity contribution in [3.05, 3.63) is 49.1 Å². The topological polar surface area (TPSA) is 26.3 Å². The van der Waals surface area contributed by atoms with Gasteiger partial charge in [-0.25, -0.2) is 0 Å². The van der Waals surface area contributed by atoms with E-state index in [-0.39, 0.29) is 5.78 Å². The minimum absolute atomic E-state index is 0.0358. The number of rotatable bonds is 2. The maximum atomic E-state index is 12.4. The molecule has 5 heteroatoms. The molecule has 0 fully saturated rings. The smallest absolute Gasteiger partial charge is 0.206 e. The quantitative estimate of drug-likeness (QED) is 0.759. The second kappa shape index (κ2) is 4.68. The molecule has 2 nitrogen and oxygen atoms in total. The van der Waals surface area contributed by atoms with E-state index in [4.69, 9.17) is 16.3 Å². The van der Waals surface area contributed by atoms with Crippen LogP contribution < -0.4 is 4.74 Å². The highest BCUT2D eigenvalue weighted by Gasteiger charge is 2.23. The van der Waals surface area contributed by atoms with Gasteiger partial charge < -0.3 is 4.74 Å². The summed E-state index contributed by atoms with van der Waals surface area (Å²) in [6.45, 7) is 0.615. The monoisotopic (exact) mass is 342 g/mol. The Labute approximate surface area is 122 Å². The van der Waals surface area contributed by atoms with Crippen molar-refractivity contribution < 1.29 is 9.53 Å². The van der Waals surface area contributed by atoms with E-state index < -0.39 is 0 Å². The first-order valence-electron chi connectivity index (χ1n) is 5.40. The summed E-state index contributed by atoms with van der Waals surface area (Å²) in [4.78, 5) is 13.1. The van der Waals surface area contributed by atoms with E-state index in [1.165, 1.54) is 11.3 Å². The number of ether oxygens (including phenoxy) is 1. The van der Waals surface area contributed by atoms with E-state index in [1.54, 1.807) is 12.1 Å². The highest BCUT2D eigenvalue weighted by atomic mass is 79.9. The fraction of sp³-hybridized carbons (Fsp3) is 0.154. The zero-order valence-corrected chi connectivity index (χ0v) is 12.4. The van der Waals surface area contributed by atoms with Crippen molar-refractivity contribution in [1.29, 1.82) is 0 Å².